The van der Waals surface area contributed by atoms with Crippen LogP contribution in [0.4, 0.5) is 9.52 Å². The molecule has 2 aromatic rings. The molecule has 0 radical (unpaired) electrons. The maximum atomic E-state index is 13.4. The first kappa shape index (κ1) is 23.7. The number of hydrogen-bond donors (Lipinski definition) is 0. The summed E-state index contributed by atoms with van der Waals surface area (Å²) in [6.45, 7) is 0.896. The Morgan fingerprint density at radius 1 is 1.22 bits per heavy atom. The molecule has 0 aliphatic rings. The van der Waals surface area contributed by atoms with Crippen molar-refractivity contribution in [3.63, 3.8) is 0 Å². The van der Waals surface area contributed by atoms with Crippen LogP contribution in [0.5, 0.6) is 0 Å². The number of sulfonamides is 1. The Kier molecular flexibility index (Phi) is 8.55. The highest BCUT2D eigenvalue weighted by Gasteiger charge is 2.23. The molecule has 0 aliphatic carbocycles. The zero-order chi connectivity index (χ0) is 19.5. The van der Waals surface area contributed by atoms with Crippen molar-refractivity contribution in [1.29, 1.82) is 0 Å². The molecule has 7 nitrogen and oxygen atoms in total. The van der Waals surface area contributed by atoms with Crippen LogP contribution in [0.1, 0.15) is 6.42 Å². The number of carbonyl (C=O) groups excluding carboxylic acids is 1. The molecule has 0 spiro atoms. The largest absolute Gasteiger partial charge is 0.309 e. The number of likely N-dealkylation sites (N-methyl/N-ethyl adjacent to an activating group) is 1. The lowest BCUT2D eigenvalue weighted by atomic mass is 10.3. The Balaban J connectivity index is 0.00000364. The van der Waals surface area contributed by atoms with E-state index in [4.69, 9.17) is 0 Å². The number of anilines is 1. The van der Waals surface area contributed by atoms with Crippen LogP contribution in [0.25, 0.3) is 10.2 Å². The van der Waals surface area contributed by atoms with Gasteiger partial charge in [-0.05, 0) is 45.3 Å². The molecule has 0 bridgehead atoms. The molecule has 0 aliphatic heterocycles. The first-order valence-corrected chi connectivity index (χ1v) is 10.7. The van der Waals surface area contributed by atoms with Crippen LogP contribution in [-0.4, -0.2) is 75.5 Å². The molecule has 0 N–H and O–H groups in total. The van der Waals surface area contributed by atoms with Gasteiger partial charge in [-0.25, -0.2) is 17.8 Å². The number of aromatic nitrogens is 1. The number of hydrogen-bond acceptors (Lipinski definition) is 6. The van der Waals surface area contributed by atoms with Crippen molar-refractivity contribution in [2.45, 2.75) is 6.42 Å². The van der Waals surface area contributed by atoms with Crippen LogP contribution in [0.2, 0.25) is 0 Å². The smallest absolute Gasteiger partial charge is 0.244 e. The van der Waals surface area contributed by atoms with Gasteiger partial charge in [0.2, 0.25) is 15.9 Å². The third kappa shape index (κ3) is 6.65. The monoisotopic (exact) mass is 438 g/mol. The van der Waals surface area contributed by atoms with Crippen LogP contribution in [-0.2, 0) is 14.8 Å². The van der Waals surface area contributed by atoms with Crippen LogP contribution >= 0.6 is 23.7 Å². The Bertz CT molecular complexity index is 889. The molecule has 11 heteroatoms. The first-order valence-electron chi connectivity index (χ1n) is 8.00. The highest BCUT2D eigenvalue weighted by atomic mass is 35.5. The number of fused-ring (bicyclic) bond motifs is 1. The minimum absolute atomic E-state index is 0. The molecule has 0 fully saturated rings. The van der Waals surface area contributed by atoms with Crippen molar-refractivity contribution >= 4 is 55.0 Å². The fourth-order valence-corrected chi connectivity index (χ4v) is 3.65. The van der Waals surface area contributed by atoms with E-state index in [2.05, 4.69) is 4.98 Å². The van der Waals surface area contributed by atoms with E-state index in [9.17, 15) is 17.6 Å². The third-order valence-corrected chi connectivity index (χ3v) is 6.08. The summed E-state index contributed by atoms with van der Waals surface area (Å²) < 4.78 is 38.3. The normalized spacial score (nSPS) is 11.8. The lowest BCUT2D eigenvalue weighted by molar-refractivity contribution is -0.118. The van der Waals surface area contributed by atoms with Gasteiger partial charge in [0.05, 0.1) is 23.0 Å². The molecule has 1 aromatic carbocycles. The van der Waals surface area contributed by atoms with Crippen LogP contribution in [0.3, 0.4) is 0 Å². The standard InChI is InChI=1S/C16H23FN4O3S2.ClH/c1-19(2)8-5-9-21(15(22)11-20(3)26(4,23)24)16-18-13-7-6-12(17)10-14(13)25-16;/h6-7,10H,5,8-9,11H2,1-4H3;1H. The van der Waals surface area contributed by atoms with Gasteiger partial charge in [0.15, 0.2) is 5.13 Å². The van der Waals surface area contributed by atoms with Crippen molar-refractivity contribution in [3.05, 3.63) is 24.0 Å². The van der Waals surface area contributed by atoms with E-state index in [1.807, 2.05) is 19.0 Å². The lowest BCUT2D eigenvalue weighted by Crippen LogP contribution is -2.41. The molecule has 2 rings (SSSR count). The number of nitrogens with zero attached hydrogens (tertiary/aromatic N) is 4. The van der Waals surface area contributed by atoms with Gasteiger partial charge in [-0.15, -0.1) is 12.4 Å². The Hall–Kier alpha value is -1.33. The third-order valence-electron chi connectivity index (χ3n) is 3.78. The summed E-state index contributed by atoms with van der Waals surface area (Å²) in [4.78, 5) is 20.6. The fraction of sp³-hybridized carbons (Fsp3) is 0.500. The van der Waals surface area contributed by atoms with E-state index in [-0.39, 0.29) is 30.7 Å². The number of amides is 1. The molecule has 0 saturated heterocycles. The second kappa shape index (κ2) is 9.74. The van der Waals surface area contributed by atoms with E-state index in [1.165, 1.54) is 35.4 Å². The fourth-order valence-electron chi connectivity index (χ4n) is 2.27. The molecule has 1 amide bonds. The molecule has 1 heterocycles. The minimum Gasteiger partial charge on any atom is -0.309 e. The van der Waals surface area contributed by atoms with Crippen molar-refractivity contribution in [2.75, 3.05) is 51.9 Å². The van der Waals surface area contributed by atoms with Crippen molar-refractivity contribution in [1.82, 2.24) is 14.2 Å². The summed E-state index contributed by atoms with van der Waals surface area (Å²) in [7, 11) is 1.76. The summed E-state index contributed by atoms with van der Waals surface area (Å²) in [6.07, 6.45) is 1.75. The van der Waals surface area contributed by atoms with E-state index < -0.39 is 10.0 Å². The van der Waals surface area contributed by atoms with Gasteiger partial charge in [-0.3, -0.25) is 9.69 Å². The minimum atomic E-state index is -3.47. The van der Waals surface area contributed by atoms with Gasteiger partial charge in [-0.1, -0.05) is 11.3 Å². The summed E-state index contributed by atoms with van der Waals surface area (Å²) >= 11 is 1.21. The molecule has 0 saturated carbocycles. The quantitative estimate of drug-likeness (QED) is 0.630. The van der Waals surface area contributed by atoms with E-state index in [0.717, 1.165) is 17.1 Å². The molecule has 0 unspecified atom stereocenters. The molecule has 0 atom stereocenters. The number of halogens is 2. The Labute approximate surface area is 169 Å². The van der Waals surface area contributed by atoms with Crippen molar-refractivity contribution in [2.24, 2.45) is 0 Å². The van der Waals surface area contributed by atoms with E-state index in [0.29, 0.717) is 28.3 Å². The van der Waals surface area contributed by atoms with Gasteiger partial charge >= 0.3 is 0 Å². The highest BCUT2D eigenvalue weighted by Crippen LogP contribution is 2.29. The number of carbonyl (C=O) groups is 1. The van der Waals surface area contributed by atoms with Gasteiger partial charge in [0.25, 0.3) is 0 Å². The molecule has 152 valence electrons. The zero-order valence-electron chi connectivity index (χ0n) is 15.7. The summed E-state index contributed by atoms with van der Waals surface area (Å²) in [5.41, 5.74) is 0.605. The summed E-state index contributed by atoms with van der Waals surface area (Å²) in [6, 6.07) is 4.26. The van der Waals surface area contributed by atoms with E-state index in [1.54, 1.807) is 6.07 Å². The molecule has 27 heavy (non-hydrogen) atoms. The van der Waals surface area contributed by atoms with Gasteiger partial charge in [-0.2, -0.15) is 4.31 Å². The highest BCUT2D eigenvalue weighted by molar-refractivity contribution is 7.88. The maximum absolute atomic E-state index is 13.4. The Morgan fingerprint density at radius 3 is 2.48 bits per heavy atom. The molecule has 1 aromatic heterocycles. The van der Waals surface area contributed by atoms with Crippen LogP contribution in [0, 0.1) is 5.82 Å². The average Bonchev–Trinajstić information content (AvgIpc) is 2.92. The van der Waals surface area contributed by atoms with E-state index >= 15 is 0 Å². The lowest BCUT2D eigenvalue weighted by Gasteiger charge is -2.23. The average molecular weight is 439 g/mol. The summed E-state index contributed by atoms with van der Waals surface area (Å²) in [5, 5.41) is 0.441. The number of benzene rings is 1. The number of rotatable bonds is 8. The predicted molar refractivity (Wildman–Crippen MR) is 110 cm³/mol. The maximum Gasteiger partial charge on any atom is 0.244 e. The zero-order valence-corrected chi connectivity index (χ0v) is 18.1. The second-order valence-electron chi connectivity index (χ2n) is 6.33. The van der Waals surface area contributed by atoms with Crippen molar-refractivity contribution < 1.29 is 17.6 Å². The first-order chi connectivity index (χ1) is 12.1. The predicted octanol–water partition coefficient (Wildman–Crippen LogP) is 2.03. The molecular formula is C16H24ClFN4O3S2. The van der Waals surface area contributed by atoms with Gasteiger partial charge in [0.1, 0.15) is 5.82 Å². The Morgan fingerprint density at radius 2 is 1.89 bits per heavy atom. The topological polar surface area (TPSA) is 73.8 Å². The second-order valence-corrected chi connectivity index (χ2v) is 9.43. The number of thiazole rings is 1. The molecular weight excluding hydrogens is 415 g/mol. The van der Waals surface area contributed by atoms with Gasteiger partial charge in [0, 0.05) is 13.6 Å². The van der Waals surface area contributed by atoms with Crippen LogP contribution in [0.15, 0.2) is 18.2 Å². The summed E-state index contributed by atoms with van der Waals surface area (Å²) in [5.74, 6) is -0.730. The van der Waals surface area contributed by atoms with Gasteiger partial charge < -0.3 is 4.90 Å². The van der Waals surface area contributed by atoms with Crippen molar-refractivity contribution in [3.8, 4) is 0 Å². The van der Waals surface area contributed by atoms with Crippen LogP contribution < -0.4 is 4.90 Å². The SMILES string of the molecule is CN(C)CCCN(C(=O)CN(C)S(C)(=O)=O)c1nc2ccc(F)cc2s1.Cl.